The van der Waals surface area contributed by atoms with Gasteiger partial charge >= 0.3 is 11.9 Å². The van der Waals surface area contributed by atoms with Gasteiger partial charge in [-0.25, -0.2) is 0 Å². The standard InChI is InChI=1S/C18H26N2O2.C13H18N2.C5H9ClO2/c1-18(2,17(21)22)15-20-13-11-19(12-14-20)10-6-9-16-7-4-3-5-8-16;1-2-5-13(6-3-1)7-4-10-15-11-8-14-9-12-15;1-5(2,3-6)4(7)8/h3-9H,10-15H2,1-2H3,(H,21,22);1-7,14H,8-12H2;3H2,1-2H3,(H,7,8)/b9-6+;7-4+;. The molecule has 0 aliphatic carbocycles. The molecular weight excluding hydrogens is 588 g/mol. The summed E-state index contributed by atoms with van der Waals surface area (Å²) in [6, 6.07) is 20.8. The van der Waals surface area contributed by atoms with Gasteiger partial charge in [0.1, 0.15) is 0 Å². The van der Waals surface area contributed by atoms with Crippen LogP contribution in [-0.2, 0) is 9.59 Å². The van der Waals surface area contributed by atoms with E-state index in [0.29, 0.717) is 6.54 Å². The van der Waals surface area contributed by atoms with E-state index in [2.05, 4.69) is 80.7 Å². The first kappa shape index (κ1) is 38.2. The lowest BCUT2D eigenvalue weighted by molar-refractivity contribution is -0.148. The van der Waals surface area contributed by atoms with Crippen LogP contribution in [0.25, 0.3) is 12.2 Å². The topological polar surface area (TPSA) is 96.4 Å². The maximum atomic E-state index is 11.2. The largest absolute Gasteiger partial charge is 0.481 e. The predicted molar refractivity (Wildman–Crippen MR) is 187 cm³/mol. The van der Waals surface area contributed by atoms with Gasteiger partial charge in [-0.1, -0.05) is 85.0 Å². The molecule has 9 heteroatoms. The van der Waals surface area contributed by atoms with Gasteiger partial charge in [0.15, 0.2) is 0 Å². The number of hydrogen-bond donors (Lipinski definition) is 3. The van der Waals surface area contributed by atoms with Gasteiger partial charge in [0.2, 0.25) is 0 Å². The predicted octanol–water partition coefficient (Wildman–Crippen LogP) is 5.37. The van der Waals surface area contributed by atoms with Crippen LogP contribution in [0.1, 0.15) is 38.8 Å². The Labute approximate surface area is 275 Å². The zero-order valence-electron chi connectivity index (χ0n) is 27.5. The van der Waals surface area contributed by atoms with Crippen LogP contribution >= 0.6 is 11.6 Å². The summed E-state index contributed by atoms with van der Waals surface area (Å²) in [6.45, 7) is 17.9. The molecule has 2 aromatic carbocycles. The number of hydrogen-bond acceptors (Lipinski definition) is 6. The first-order valence-electron chi connectivity index (χ1n) is 15.8. The molecule has 0 amide bonds. The SMILES string of the molecule is C(=C\c1ccccc1)/CN1CCNCC1.CC(C)(CCl)C(=O)O.CC(C)(CN1CCN(C/C=C/c2ccccc2)CC1)C(=O)O. The second-order valence-electron chi connectivity index (χ2n) is 12.8. The highest BCUT2D eigenvalue weighted by Crippen LogP contribution is 2.18. The quantitative estimate of drug-likeness (QED) is 0.282. The fraction of sp³-hybridized carbons (Fsp3) is 0.500. The van der Waals surface area contributed by atoms with E-state index >= 15 is 0 Å². The molecule has 2 saturated heterocycles. The fourth-order valence-electron chi connectivity index (χ4n) is 4.51. The van der Waals surface area contributed by atoms with Crippen molar-refractivity contribution in [3.05, 3.63) is 83.9 Å². The van der Waals surface area contributed by atoms with Gasteiger partial charge in [-0.15, -0.1) is 11.6 Å². The van der Waals surface area contributed by atoms with Crippen LogP contribution in [0.15, 0.2) is 72.8 Å². The van der Waals surface area contributed by atoms with Crippen LogP contribution < -0.4 is 5.32 Å². The smallest absolute Gasteiger partial charge is 0.310 e. The first-order valence-corrected chi connectivity index (χ1v) is 16.3. The van der Waals surface area contributed by atoms with Gasteiger partial charge < -0.3 is 15.5 Å². The molecule has 0 bridgehead atoms. The van der Waals surface area contributed by atoms with Crippen LogP contribution in [0.3, 0.4) is 0 Å². The van der Waals surface area contributed by atoms with Gasteiger partial charge in [-0.3, -0.25) is 24.3 Å². The molecule has 4 rings (SSSR count). The Morgan fingerprint density at radius 3 is 1.47 bits per heavy atom. The number of halogens is 1. The number of nitrogens with one attached hydrogen (secondary N) is 1. The molecule has 0 unspecified atom stereocenters. The number of carboxylic acid groups (broad SMARTS) is 2. The summed E-state index contributed by atoms with van der Waals surface area (Å²) in [5.41, 5.74) is 1.06. The van der Waals surface area contributed by atoms with Crippen molar-refractivity contribution in [2.24, 2.45) is 10.8 Å². The van der Waals surface area contributed by atoms with Crippen molar-refractivity contribution in [2.45, 2.75) is 27.7 Å². The van der Waals surface area contributed by atoms with Crippen LogP contribution in [0.2, 0.25) is 0 Å². The van der Waals surface area contributed by atoms with E-state index in [-0.39, 0.29) is 5.88 Å². The molecule has 3 N–H and O–H groups in total. The molecule has 2 aromatic rings. The average Bonchev–Trinajstić information content (AvgIpc) is 3.04. The summed E-state index contributed by atoms with van der Waals surface area (Å²) < 4.78 is 0. The van der Waals surface area contributed by atoms with E-state index in [9.17, 15) is 14.7 Å². The van der Waals surface area contributed by atoms with Crippen LogP contribution in [0.5, 0.6) is 0 Å². The number of carbonyl (C=O) groups is 2. The monoisotopic (exact) mass is 640 g/mol. The summed E-state index contributed by atoms with van der Waals surface area (Å²) in [7, 11) is 0. The number of nitrogens with zero attached hydrogens (tertiary/aromatic N) is 3. The van der Waals surface area contributed by atoms with Gasteiger partial charge in [0.25, 0.3) is 0 Å². The summed E-state index contributed by atoms with van der Waals surface area (Å²) in [4.78, 5) is 28.5. The van der Waals surface area contributed by atoms with Crippen molar-refractivity contribution < 1.29 is 19.8 Å². The zero-order chi connectivity index (χ0) is 33.1. The molecule has 0 atom stereocenters. The molecule has 0 spiro atoms. The lowest BCUT2D eigenvalue weighted by Gasteiger charge is -2.37. The molecule has 45 heavy (non-hydrogen) atoms. The van der Waals surface area contributed by atoms with Crippen LogP contribution in [-0.4, -0.2) is 115 Å². The maximum Gasteiger partial charge on any atom is 0.310 e. The van der Waals surface area contributed by atoms with E-state index in [0.717, 1.165) is 52.4 Å². The van der Waals surface area contributed by atoms with Gasteiger partial charge in [0.05, 0.1) is 10.8 Å². The Morgan fingerprint density at radius 2 is 1.09 bits per heavy atom. The Balaban J connectivity index is 0.000000264. The molecule has 0 saturated carbocycles. The molecule has 2 aliphatic rings. The minimum atomic E-state index is -0.854. The number of aliphatic carboxylic acids is 2. The van der Waals surface area contributed by atoms with Crippen molar-refractivity contribution >= 4 is 35.7 Å². The summed E-state index contributed by atoms with van der Waals surface area (Å²) in [5.74, 6) is -1.42. The maximum absolute atomic E-state index is 11.2. The Hall–Kier alpha value is -3.01. The second kappa shape index (κ2) is 20.2. The molecule has 2 heterocycles. The Bertz CT molecular complexity index is 1170. The number of rotatable bonds is 11. The number of carboxylic acids is 2. The third kappa shape index (κ3) is 15.7. The first-order chi connectivity index (χ1) is 21.4. The van der Waals surface area contributed by atoms with Gasteiger partial charge in [-0.2, -0.15) is 0 Å². The molecular formula is C36H53ClN4O4. The zero-order valence-corrected chi connectivity index (χ0v) is 28.3. The Morgan fingerprint density at radius 1 is 0.689 bits per heavy atom. The van der Waals surface area contributed by atoms with Gasteiger partial charge in [-0.05, 0) is 38.8 Å². The van der Waals surface area contributed by atoms with E-state index in [1.54, 1.807) is 27.7 Å². The summed E-state index contributed by atoms with van der Waals surface area (Å²) in [6.07, 6.45) is 8.80. The van der Waals surface area contributed by atoms with Crippen LogP contribution in [0, 0.1) is 10.8 Å². The highest BCUT2D eigenvalue weighted by molar-refractivity contribution is 6.19. The lowest BCUT2D eigenvalue weighted by Crippen LogP contribution is -2.50. The normalized spacial score (nSPS) is 16.9. The van der Waals surface area contributed by atoms with E-state index < -0.39 is 22.8 Å². The summed E-state index contributed by atoms with van der Waals surface area (Å²) in [5, 5.41) is 20.9. The molecule has 2 fully saturated rings. The third-order valence-corrected chi connectivity index (χ3v) is 8.40. The highest BCUT2D eigenvalue weighted by Gasteiger charge is 2.31. The number of benzene rings is 2. The minimum Gasteiger partial charge on any atom is -0.481 e. The van der Waals surface area contributed by atoms with Crippen molar-refractivity contribution in [1.29, 1.82) is 0 Å². The number of alkyl halides is 1. The van der Waals surface area contributed by atoms with E-state index in [1.165, 1.54) is 24.2 Å². The second-order valence-corrected chi connectivity index (χ2v) is 13.0. The van der Waals surface area contributed by atoms with E-state index in [4.69, 9.17) is 16.7 Å². The third-order valence-electron chi connectivity index (χ3n) is 7.73. The lowest BCUT2D eigenvalue weighted by atomic mass is 9.93. The van der Waals surface area contributed by atoms with Crippen molar-refractivity contribution in [2.75, 3.05) is 77.9 Å². The number of piperazine rings is 2. The molecule has 0 aromatic heterocycles. The Kier molecular flexibility index (Phi) is 17.1. The molecule has 2 aliphatic heterocycles. The van der Waals surface area contributed by atoms with Crippen LogP contribution in [0.4, 0.5) is 0 Å². The average molecular weight is 641 g/mol. The molecule has 248 valence electrons. The molecule has 0 radical (unpaired) electrons. The van der Waals surface area contributed by atoms with Gasteiger partial charge in [0, 0.05) is 77.9 Å². The summed E-state index contributed by atoms with van der Waals surface area (Å²) >= 11 is 5.31. The van der Waals surface area contributed by atoms with Crippen molar-refractivity contribution in [3.63, 3.8) is 0 Å². The fourth-order valence-corrected chi connectivity index (χ4v) is 4.63. The van der Waals surface area contributed by atoms with Crippen molar-refractivity contribution in [1.82, 2.24) is 20.0 Å². The van der Waals surface area contributed by atoms with Crippen molar-refractivity contribution in [3.8, 4) is 0 Å². The highest BCUT2D eigenvalue weighted by atomic mass is 35.5. The molecule has 8 nitrogen and oxygen atoms in total. The minimum absolute atomic E-state index is 0.155. The van der Waals surface area contributed by atoms with E-state index in [1.807, 2.05) is 24.3 Å².